The number of benzene rings is 2. The van der Waals surface area contributed by atoms with E-state index in [1.54, 1.807) is 24.3 Å². The minimum atomic E-state index is -0.573. The van der Waals surface area contributed by atoms with Crippen LogP contribution < -0.4 is 10.1 Å². The number of anilines is 1. The van der Waals surface area contributed by atoms with Crippen molar-refractivity contribution in [2.45, 2.75) is 6.42 Å². The Labute approximate surface area is 153 Å². The van der Waals surface area contributed by atoms with E-state index in [-0.39, 0.29) is 30.1 Å². The lowest BCUT2D eigenvalue weighted by atomic mass is 10.1. The smallest absolute Gasteiger partial charge is 0.273 e. The van der Waals surface area contributed by atoms with Crippen LogP contribution in [0.3, 0.4) is 0 Å². The zero-order valence-electron chi connectivity index (χ0n) is 14.3. The molecule has 138 valence electrons. The van der Waals surface area contributed by atoms with Gasteiger partial charge in [-0.1, -0.05) is 12.1 Å². The Morgan fingerprint density at radius 1 is 1.15 bits per heavy atom. The van der Waals surface area contributed by atoms with Gasteiger partial charge in [0.15, 0.2) is 0 Å². The van der Waals surface area contributed by atoms with E-state index in [9.17, 15) is 24.5 Å². The zero-order valence-corrected chi connectivity index (χ0v) is 14.3. The molecule has 9 nitrogen and oxygen atoms in total. The average molecular weight is 369 g/mol. The molecule has 0 unspecified atom stereocenters. The van der Waals surface area contributed by atoms with Crippen molar-refractivity contribution in [3.63, 3.8) is 0 Å². The van der Waals surface area contributed by atoms with Crippen LogP contribution in [0.2, 0.25) is 0 Å². The molecule has 1 N–H and O–H groups in total. The largest absolute Gasteiger partial charge is 0.494 e. The van der Waals surface area contributed by atoms with E-state index in [0.717, 1.165) is 4.90 Å². The highest BCUT2D eigenvalue weighted by Crippen LogP contribution is 2.29. The normalized spacial score (nSPS) is 12.7. The summed E-state index contributed by atoms with van der Waals surface area (Å²) < 4.78 is 5.05. The molecule has 0 bridgehead atoms. The predicted molar refractivity (Wildman–Crippen MR) is 94.7 cm³/mol. The number of methoxy groups -OCH3 is 1. The molecule has 2 aromatic carbocycles. The van der Waals surface area contributed by atoms with Gasteiger partial charge in [-0.2, -0.15) is 0 Å². The van der Waals surface area contributed by atoms with Crippen molar-refractivity contribution in [2.24, 2.45) is 0 Å². The summed E-state index contributed by atoms with van der Waals surface area (Å²) in [4.78, 5) is 48.0. The highest BCUT2D eigenvalue weighted by Gasteiger charge is 2.35. The second kappa shape index (κ2) is 7.24. The molecule has 0 aliphatic carbocycles. The summed E-state index contributed by atoms with van der Waals surface area (Å²) in [5.41, 5.74) is 0.728. The third-order valence-corrected chi connectivity index (χ3v) is 4.11. The Balaban J connectivity index is 1.65. The Hall–Kier alpha value is -3.75. The van der Waals surface area contributed by atoms with Gasteiger partial charge in [0.05, 0.1) is 34.9 Å². The van der Waals surface area contributed by atoms with Crippen LogP contribution in [-0.2, 0) is 4.79 Å². The van der Waals surface area contributed by atoms with E-state index >= 15 is 0 Å². The average Bonchev–Trinajstić information content (AvgIpc) is 2.91. The first-order chi connectivity index (χ1) is 12.9. The molecule has 0 fully saturated rings. The second-order valence-electron chi connectivity index (χ2n) is 5.75. The molecule has 3 amide bonds. The number of nitro groups is 1. The van der Waals surface area contributed by atoms with Gasteiger partial charge in [-0.3, -0.25) is 29.4 Å². The molecular formula is C18H15N3O6. The van der Waals surface area contributed by atoms with E-state index in [4.69, 9.17) is 4.74 Å². The topological polar surface area (TPSA) is 119 Å². The number of non-ortho nitro benzene ring substituents is 1. The number of nitro benzene ring substituents is 1. The number of fused-ring (bicyclic) bond motifs is 1. The Bertz CT molecular complexity index is 921. The Morgan fingerprint density at radius 2 is 1.78 bits per heavy atom. The van der Waals surface area contributed by atoms with Crippen molar-refractivity contribution >= 4 is 29.1 Å². The number of hydrogen-bond acceptors (Lipinski definition) is 6. The summed E-state index contributed by atoms with van der Waals surface area (Å²) in [5, 5.41) is 13.4. The minimum absolute atomic E-state index is 0.0759. The maximum atomic E-state index is 12.3. The molecular weight excluding hydrogens is 354 g/mol. The fourth-order valence-electron chi connectivity index (χ4n) is 2.77. The van der Waals surface area contributed by atoms with Gasteiger partial charge in [0.1, 0.15) is 5.75 Å². The third-order valence-electron chi connectivity index (χ3n) is 4.11. The first-order valence-corrected chi connectivity index (χ1v) is 8.00. The molecule has 0 radical (unpaired) electrons. The standard InChI is InChI=1S/C18H15N3O6/c1-27-15-10-11(21(25)26)6-7-14(15)19-16(22)8-9-20-17(23)12-4-2-3-5-13(12)18(20)24/h2-7,10H,8-9H2,1H3,(H,19,22). The monoisotopic (exact) mass is 369 g/mol. The van der Waals surface area contributed by atoms with E-state index < -0.39 is 22.6 Å². The lowest BCUT2D eigenvalue weighted by Gasteiger charge is -2.14. The molecule has 1 heterocycles. The molecule has 0 saturated carbocycles. The van der Waals surface area contributed by atoms with Crippen LogP contribution in [0.4, 0.5) is 11.4 Å². The van der Waals surface area contributed by atoms with Crippen LogP contribution in [0.5, 0.6) is 5.75 Å². The van der Waals surface area contributed by atoms with Crippen molar-refractivity contribution in [1.82, 2.24) is 4.90 Å². The van der Waals surface area contributed by atoms with Gasteiger partial charge in [0.2, 0.25) is 5.91 Å². The molecule has 0 saturated heterocycles. The van der Waals surface area contributed by atoms with Crippen LogP contribution in [0, 0.1) is 10.1 Å². The van der Waals surface area contributed by atoms with Gasteiger partial charge in [-0.05, 0) is 18.2 Å². The van der Waals surface area contributed by atoms with E-state index in [2.05, 4.69) is 5.32 Å². The number of nitrogens with zero attached hydrogens (tertiary/aromatic N) is 2. The van der Waals surface area contributed by atoms with Crippen LogP contribution in [0.25, 0.3) is 0 Å². The first kappa shape index (κ1) is 18.1. The molecule has 9 heteroatoms. The fourth-order valence-corrected chi connectivity index (χ4v) is 2.77. The third kappa shape index (κ3) is 3.47. The van der Waals surface area contributed by atoms with Crippen molar-refractivity contribution < 1.29 is 24.0 Å². The van der Waals surface area contributed by atoms with E-state index in [1.807, 2.05) is 0 Å². The van der Waals surface area contributed by atoms with Gasteiger partial charge < -0.3 is 10.1 Å². The molecule has 1 aliphatic rings. The van der Waals surface area contributed by atoms with Gasteiger partial charge in [-0.25, -0.2) is 0 Å². The van der Waals surface area contributed by atoms with Crippen LogP contribution in [0.1, 0.15) is 27.1 Å². The van der Waals surface area contributed by atoms with Crippen LogP contribution >= 0.6 is 0 Å². The van der Waals surface area contributed by atoms with Crippen LogP contribution in [0.15, 0.2) is 42.5 Å². The number of rotatable bonds is 6. The van der Waals surface area contributed by atoms with Gasteiger partial charge in [0.25, 0.3) is 17.5 Å². The van der Waals surface area contributed by atoms with Gasteiger partial charge in [-0.15, -0.1) is 0 Å². The number of hydrogen-bond donors (Lipinski definition) is 1. The molecule has 0 spiro atoms. The van der Waals surface area contributed by atoms with Gasteiger partial charge >= 0.3 is 0 Å². The quantitative estimate of drug-likeness (QED) is 0.474. The number of ether oxygens (including phenoxy) is 1. The lowest BCUT2D eigenvalue weighted by Crippen LogP contribution is -2.32. The summed E-state index contributed by atoms with van der Waals surface area (Å²) >= 11 is 0. The van der Waals surface area contributed by atoms with E-state index in [1.165, 1.54) is 25.3 Å². The predicted octanol–water partition coefficient (Wildman–Crippen LogP) is 2.23. The van der Waals surface area contributed by atoms with E-state index in [0.29, 0.717) is 11.1 Å². The van der Waals surface area contributed by atoms with Crippen molar-refractivity contribution in [3.8, 4) is 5.75 Å². The first-order valence-electron chi connectivity index (χ1n) is 8.00. The molecule has 27 heavy (non-hydrogen) atoms. The number of carbonyl (C=O) groups is 3. The Kier molecular flexibility index (Phi) is 4.84. The summed E-state index contributed by atoms with van der Waals surface area (Å²) in [6, 6.07) is 10.3. The van der Waals surface area contributed by atoms with Crippen molar-refractivity contribution in [2.75, 3.05) is 19.0 Å². The molecule has 1 aliphatic heterocycles. The van der Waals surface area contributed by atoms with Crippen LogP contribution in [-0.4, -0.2) is 41.2 Å². The lowest BCUT2D eigenvalue weighted by molar-refractivity contribution is -0.384. The van der Waals surface area contributed by atoms with Gasteiger partial charge in [0, 0.05) is 19.0 Å². The number of imide groups is 1. The molecule has 3 rings (SSSR count). The fraction of sp³-hybridized carbons (Fsp3) is 0.167. The highest BCUT2D eigenvalue weighted by atomic mass is 16.6. The SMILES string of the molecule is COc1cc([N+](=O)[O-])ccc1NC(=O)CCN1C(=O)c2ccccc2C1=O. The Morgan fingerprint density at radius 3 is 2.33 bits per heavy atom. The highest BCUT2D eigenvalue weighted by molar-refractivity contribution is 6.21. The number of nitrogens with one attached hydrogen (secondary N) is 1. The summed E-state index contributed by atoms with van der Waals surface area (Å²) in [6.07, 6.45) is -0.119. The summed E-state index contributed by atoms with van der Waals surface area (Å²) in [5.74, 6) is -1.19. The molecule has 0 atom stereocenters. The summed E-state index contributed by atoms with van der Waals surface area (Å²) in [6.45, 7) is -0.0759. The maximum absolute atomic E-state index is 12.3. The molecule has 0 aromatic heterocycles. The summed E-state index contributed by atoms with van der Waals surface area (Å²) in [7, 11) is 1.33. The number of amides is 3. The minimum Gasteiger partial charge on any atom is -0.494 e. The molecule has 2 aromatic rings. The second-order valence-corrected chi connectivity index (χ2v) is 5.75. The van der Waals surface area contributed by atoms with Crippen molar-refractivity contribution in [1.29, 1.82) is 0 Å². The van der Waals surface area contributed by atoms with Crippen molar-refractivity contribution in [3.05, 3.63) is 63.7 Å². The number of carbonyl (C=O) groups excluding carboxylic acids is 3. The zero-order chi connectivity index (χ0) is 19.6. The maximum Gasteiger partial charge on any atom is 0.273 e.